The molecular formula is C10H16N2O2S2. The van der Waals surface area contributed by atoms with Crippen molar-refractivity contribution in [2.45, 2.75) is 24.8 Å². The van der Waals surface area contributed by atoms with E-state index < -0.39 is 10.0 Å². The van der Waals surface area contributed by atoms with E-state index in [1.807, 2.05) is 0 Å². The molecule has 1 aliphatic heterocycles. The second kappa shape index (κ2) is 4.44. The van der Waals surface area contributed by atoms with Gasteiger partial charge in [0.25, 0.3) is 0 Å². The SMILES string of the molecule is CC1CCN(S(=O)(=O)c2csc(CN)c2)C1. The predicted molar refractivity (Wildman–Crippen MR) is 64.8 cm³/mol. The summed E-state index contributed by atoms with van der Waals surface area (Å²) < 4.78 is 26.0. The topological polar surface area (TPSA) is 63.4 Å². The zero-order valence-corrected chi connectivity index (χ0v) is 10.9. The van der Waals surface area contributed by atoms with Gasteiger partial charge in [-0.2, -0.15) is 4.31 Å². The number of thiophene rings is 1. The molecule has 1 aromatic rings. The van der Waals surface area contributed by atoms with Crippen LogP contribution >= 0.6 is 11.3 Å². The Morgan fingerprint density at radius 3 is 2.88 bits per heavy atom. The van der Waals surface area contributed by atoms with E-state index in [1.165, 1.54) is 11.3 Å². The van der Waals surface area contributed by atoms with Crippen LogP contribution in [0.25, 0.3) is 0 Å². The van der Waals surface area contributed by atoms with Gasteiger partial charge in [0, 0.05) is 29.9 Å². The van der Waals surface area contributed by atoms with Gasteiger partial charge in [0.1, 0.15) is 0 Å². The van der Waals surface area contributed by atoms with Gasteiger partial charge in [-0.3, -0.25) is 0 Å². The second-order valence-electron chi connectivity index (χ2n) is 4.21. The molecule has 2 heterocycles. The Bertz CT molecular complexity index is 467. The van der Waals surface area contributed by atoms with Crippen LogP contribution in [0.4, 0.5) is 0 Å². The van der Waals surface area contributed by atoms with Crippen LogP contribution in [0.3, 0.4) is 0 Å². The normalized spacial score (nSPS) is 22.8. The molecule has 1 saturated heterocycles. The van der Waals surface area contributed by atoms with Crippen molar-refractivity contribution in [3.8, 4) is 0 Å². The lowest BCUT2D eigenvalue weighted by atomic mass is 10.2. The smallest absolute Gasteiger partial charge is 0.243 e. The zero-order valence-electron chi connectivity index (χ0n) is 9.22. The number of hydrogen-bond acceptors (Lipinski definition) is 4. The Balaban J connectivity index is 2.25. The number of rotatable bonds is 3. The molecule has 2 rings (SSSR count). The minimum atomic E-state index is -3.27. The molecule has 1 aromatic heterocycles. The summed E-state index contributed by atoms with van der Waals surface area (Å²) in [4.78, 5) is 1.30. The molecule has 1 aliphatic rings. The van der Waals surface area contributed by atoms with Crippen LogP contribution in [-0.4, -0.2) is 25.8 Å². The molecule has 0 saturated carbocycles. The third-order valence-corrected chi connectivity index (χ3v) is 5.81. The van der Waals surface area contributed by atoms with E-state index in [-0.39, 0.29) is 0 Å². The molecule has 0 bridgehead atoms. The zero-order chi connectivity index (χ0) is 11.8. The fourth-order valence-corrected chi connectivity index (χ4v) is 4.58. The van der Waals surface area contributed by atoms with Crippen LogP contribution in [0.2, 0.25) is 0 Å². The Morgan fingerprint density at radius 2 is 2.38 bits per heavy atom. The summed E-state index contributed by atoms with van der Waals surface area (Å²) in [5.74, 6) is 0.461. The van der Waals surface area contributed by atoms with Crippen LogP contribution in [0.1, 0.15) is 18.2 Å². The van der Waals surface area contributed by atoms with Crippen molar-refractivity contribution in [3.05, 3.63) is 16.3 Å². The van der Waals surface area contributed by atoms with Gasteiger partial charge in [0.15, 0.2) is 0 Å². The first kappa shape index (κ1) is 12.0. The summed E-state index contributed by atoms with van der Waals surface area (Å²) in [6.07, 6.45) is 0.952. The second-order valence-corrected chi connectivity index (χ2v) is 7.14. The maximum Gasteiger partial charge on any atom is 0.243 e. The van der Waals surface area contributed by atoms with Crippen molar-refractivity contribution in [1.29, 1.82) is 0 Å². The van der Waals surface area contributed by atoms with E-state index in [2.05, 4.69) is 6.92 Å². The Morgan fingerprint density at radius 1 is 1.62 bits per heavy atom. The fraction of sp³-hybridized carbons (Fsp3) is 0.600. The first-order chi connectivity index (χ1) is 7.54. The van der Waals surface area contributed by atoms with Crippen molar-refractivity contribution in [2.75, 3.05) is 13.1 Å². The highest BCUT2D eigenvalue weighted by Crippen LogP contribution is 2.26. The molecule has 6 heteroatoms. The highest BCUT2D eigenvalue weighted by molar-refractivity contribution is 7.89. The minimum absolute atomic E-state index is 0.395. The Labute approximate surface area is 100 Å². The number of hydrogen-bond donors (Lipinski definition) is 1. The number of nitrogens with zero attached hydrogens (tertiary/aromatic N) is 1. The average Bonchev–Trinajstić information content (AvgIpc) is 2.85. The molecule has 2 N–H and O–H groups in total. The molecule has 1 fully saturated rings. The monoisotopic (exact) mass is 260 g/mol. The summed E-state index contributed by atoms with van der Waals surface area (Å²) in [6.45, 7) is 3.75. The lowest BCUT2D eigenvalue weighted by Gasteiger charge is -2.14. The van der Waals surface area contributed by atoms with Gasteiger partial charge in [-0.1, -0.05) is 6.92 Å². The highest BCUT2D eigenvalue weighted by atomic mass is 32.2. The van der Waals surface area contributed by atoms with Gasteiger partial charge in [-0.15, -0.1) is 11.3 Å². The summed E-state index contributed by atoms with van der Waals surface area (Å²) in [7, 11) is -3.27. The van der Waals surface area contributed by atoms with Crippen LogP contribution in [0, 0.1) is 5.92 Å². The van der Waals surface area contributed by atoms with Crippen molar-refractivity contribution in [1.82, 2.24) is 4.31 Å². The summed E-state index contributed by atoms with van der Waals surface area (Å²) in [6, 6.07) is 1.68. The summed E-state index contributed by atoms with van der Waals surface area (Å²) in [5, 5.41) is 1.68. The highest BCUT2D eigenvalue weighted by Gasteiger charge is 2.31. The molecular weight excluding hydrogens is 244 g/mol. The van der Waals surface area contributed by atoms with Gasteiger partial charge in [0.05, 0.1) is 4.90 Å². The molecule has 0 amide bonds. The lowest BCUT2D eigenvalue weighted by Crippen LogP contribution is -2.28. The summed E-state index contributed by atoms with van der Waals surface area (Å²) in [5.41, 5.74) is 5.48. The van der Waals surface area contributed by atoms with E-state index in [0.29, 0.717) is 30.4 Å². The maximum absolute atomic E-state index is 12.2. The molecule has 0 radical (unpaired) electrons. The maximum atomic E-state index is 12.2. The quantitative estimate of drug-likeness (QED) is 0.889. The predicted octanol–water partition coefficient (Wildman–Crippen LogP) is 1.24. The number of nitrogens with two attached hydrogens (primary N) is 1. The van der Waals surface area contributed by atoms with Crippen LogP contribution in [-0.2, 0) is 16.6 Å². The van der Waals surface area contributed by atoms with Gasteiger partial charge >= 0.3 is 0 Å². The molecule has 0 aromatic carbocycles. The van der Waals surface area contributed by atoms with Crippen LogP contribution in [0.15, 0.2) is 16.3 Å². The average molecular weight is 260 g/mol. The van der Waals surface area contributed by atoms with Crippen molar-refractivity contribution >= 4 is 21.4 Å². The van der Waals surface area contributed by atoms with Gasteiger partial charge in [0.2, 0.25) is 10.0 Å². The first-order valence-corrected chi connectivity index (χ1v) is 7.63. The van der Waals surface area contributed by atoms with E-state index >= 15 is 0 Å². The number of sulfonamides is 1. The van der Waals surface area contributed by atoms with Gasteiger partial charge < -0.3 is 5.73 Å². The standard InChI is InChI=1S/C10H16N2O2S2/c1-8-2-3-12(6-8)16(13,14)10-4-9(5-11)15-7-10/h4,7-8H,2-3,5-6,11H2,1H3. The summed E-state index contributed by atoms with van der Waals surface area (Å²) >= 11 is 1.41. The molecule has 16 heavy (non-hydrogen) atoms. The van der Waals surface area contributed by atoms with Gasteiger partial charge in [-0.05, 0) is 18.4 Å². The van der Waals surface area contributed by atoms with E-state index in [1.54, 1.807) is 15.8 Å². The molecule has 0 aliphatic carbocycles. The molecule has 1 unspecified atom stereocenters. The largest absolute Gasteiger partial charge is 0.326 e. The van der Waals surface area contributed by atoms with Gasteiger partial charge in [-0.25, -0.2) is 8.42 Å². The lowest BCUT2D eigenvalue weighted by molar-refractivity contribution is 0.464. The van der Waals surface area contributed by atoms with E-state index in [4.69, 9.17) is 5.73 Å². The van der Waals surface area contributed by atoms with E-state index in [0.717, 1.165) is 11.3 Å². The molecule has 1 atom stereocenters. The van der Waals surface area contributed by atoms with Crippen LogP contribution < -0.4 is 5.73 Å². The van der Waals surface area contributed by atoms with Crippen molar-refractivity contribution in [3.63, 3.8) is 0 Å². The molecule has 4 nitrogen and oxygen atoms in total. The minimum Gasteiger partial charge on any atom is -0.326 e. The Hall–Kier alpha value is -0.430. The van der Waals surface area contributed by atoms with Crippen molar-refractivity contribution < 1.29 is 8.42 Å². The van der Waals surface area contributed by atoms with E-state index in [9.17, 15) is 8.42 Å². The third-order valence-electron chi connectivity index (χ3n) is 2.86. The van der Waals surface area contributed by atoms with Crippen LogP contribution in [0.5, 0.6) is 0 Å². The molecule has 0 spiro atoms. The fourth-order valence-electron chi connectivity index (χ4n) is 1.86. The first-order valence-electron chi connectivity index (χ1n) is 5.31. The third kappa shape index (κ3) is 2.15. The molecule has 90 valence electrons. The Kier molecular flexibility index (Phi) is 3.34. The van der Waals surface area contributed by atoms with Crippen molar-refractivity contribution in [2.24, 2.45) is 11.7 Å².